The fourth-order valence-electron chi connectivity index (χ4n) is 3.52. The number of nitrogens with zero attached hydrogens (tertiary/aromatic N) is 3. The third-order valence-corrected chi connectivity index (χ3v) is 5.19. The number of hydrogen-bond donors (Lipinski definition) is 1. The molecule has 0 saturated carbocycles. The van der Waals surface area contributed by atoms with E-state index in [0.717, 1.165) is 22.9 Å². The van der Waals surface area contributed by atoms with Crippen molar-refractivity contribution < 1.29 is 19.6 Å². The van der Waals surface area contributed by atoms with E-state index >= 15 is 0 Å². The Balaban J connectivity index is 1.73. The highest BCUT2D eigenvalue weighted by molar-refractivity contribution is 5.82. The summed E-state index contributed by atoms with van der Waals surface area (Å²) in [6.07, 6.45) is 1.54. The summed E-state index contributed by atoms with van der Waals surface area (Å²) in [4.78, 5) is 48.1. The number of benzene rings is 1. The molecule has 1 amide bonds. The largest absolute Gasteiger partial charge is 0.481 e. The summed E-state index contributed by atoms with van der Waals surface area (Å²) in [5.41, 5.74) is -1.15. The molecule has 28 heavy (non-hydrogen) atoms. The van der Waals surface area contributed by atoms with Crippen LogP contribution in [0, 0.1) is 10.1 Å². The number of hydrogen-bond acceptors (Lipinski definition) is 5. The first-order chi connectivity index (χ1) is 13.3. The van der Waals surface area contributed by atoms with Crippen LogP contribution in [0.4, 0.5) is 5.69 Å². The highest BCUT2D eigenvalue weighted by atomic mass is 16.6. The average Bonchev–Trinajstić information content (AvgIpc) is 2.70. The van der Waals surface area contributed by atoms with Crippen LogP contribution in [0.5, 0.6) is 0 Å². The Hall–Kier alpha value is -3.49. The first-order valence-electron chi connectivity index (χ1n) is 8.75. The second kappa shape index (κ2) is 7.63. The minimum absolute atomic E-state index is 0.226. The molecule has 1 aromatic heterocycles. The molecule has 1 saturated heterocycles. The van der Waals surface area contributed by atoms with Crippen LogP contribution in [0.15, 0.2) is 53.5 Å². The van der Waals surface area contributed by atoms with Gasteiger partial charge in [-0.3, -0.25) is 29.1 Å². The maximum absolute atomic E-state index is 12.6. The summed E-state index contributed by atoms with van der Waals surface area (Å²) < 4.78 is 0.997. The SMILES string of the molecule is O=C(Cn1cc([N+](=O)[O-])ccc1=O)N1CCC(C(=O)O)(c2ccccc2)CC1. The van der Waals surface area contributed by atoms with Gasteiger partial charge in [0, 0.05) is 25.2 Å². The monoisotopic (exact) mass is 385 g/mol. The lowest BCUT2D eigenvalue weighted by molar-refractivity contribution is -0.385. The van der Waals surface area contributed by atoms with E-state index in [4.69, 9.17) is 0 Å². The Morgan fingerprint density at radius 2 is 1.75 bits per heavy atom. The number of carbonyl (C=O) groups excluding carboxylic acids is 1. The smallest absolute Gasteiger partial charge is 0.314 e. The predicted molar refractivity (Wildman–Crippen MR) is 98.9 cm³/mol. The van der Waals surface area contributed by atoms with Crippen molar-refractivity contribution >= 4 is 17.6 Å². The molecular formula is C19H19N3O6. The zero-order valence-corrected chi connectivity index (χ0v) is 15.0. The van der Waals surface area contributed by atoms with E-state index in [1.54, 1.807) is 24.3 Å². The van der Waals surface area contributed by atoms with Crippen LogP contribution in [0.25, 0.3) is 0 Å². The minimum atomic E-state index is -1.06. The van der Waals surface area contributed by atoms with Gasteiger partial charge in [-0.05, 0) is 18.4 Å². The molecule has 1 aromatic carbocycles. The topological polar surface area (TPSA) is 123 Å². The van der Waals surface area contributed by atoms with Crippen LogP contribution in [0.3, 0.4) is 0 Å². The van der Waals surface area contributed by atoms with E-state index in [9.17, 15) is 29.6 Å². The molecule has 1 N–H and O–H groups in total. The summed E-state index contributed by atoms with van der Waals surface area (Å²) in [6.45, 7) is 0.124. The van der Waals surface area contributed by atoms with Crippen molar-refractivity contribution in [1.82, 2.24) is 9.47 Å². The molecule has 0 aliphatic carbocycles. The van der Waals surface area contributed by atoms with E-state index in [1.165, 1.54) is 4.90 Å². The zero-order valence-electron chi connectivity index (χ0n) is 15.0. The van der Waals surface area contributed by atoms with Crippen LogP contribution >= 0.6 is 0 Å². The Kier molecular flexibility index (Phi) is 5.25. The number of amides is 1. The van der Waals surface area contributed by atoms with Gasteiger partial charge in [-0.15, -0.1) is 0 Å². The van der Waals surface area contributed by atoms with Gasteiger partial charge in [0.25, 0.3) is 11.2 Å². The second-order valence-electron chi connectivity index (χ2n) is 6.74. The minimum Gasteiger partial charge on any atom is -0.481 e. The lowest BCUT2D eigenvalue weighted by atomic mass is 9.73. The molecule has 1 aliphatic rings. The molecule has 0 bridgehead atoms. The molecule has 0 spiro atoms. The summed E-state index contributed by atoms with van der Waals surface area (Å²) in [5.74, 6) is -1.31. The van der Waals surface area contributed by atoms with Gasteiger partial charge in [-0.25, -0.2) is 0 Å². The van der Waals surface area contributed by atoms with Crippen molar-refractivity contribution in [1.29, 1.82) is 0 Å². The average molecular weight is 385 g/mol. The summed E-state index contributed by atoms with van der Waals surface area (Å²) >= 11 is 0. The molecule has 1 aliphatic heterocycles. The number of pyridine rings is 1. The normalized spacial score (nSPS) is 15.8. The lowest BCUT2D eigenvalue weighted by Crippen LogP contribution is -2.50. The first kappa shape index (κ1) is 19.3. The lowest BCUT2D eigenvalue weighted by Gasteiger charge is -2.39. The third-order valence-electron chi connectivity index (χ3n) is 5.19. The summed E-state index contributed by atoms with van der Waals surface area (Å²) in [5, 5.41) is 20.7. The summed E-state index contributed by atoms with van der Waals surface area (Å²) in [6, 6.07) is 11.1. The van der Waals surface area contributed by atoms with E-state index < -0.39 is 21.9 Å². The number of likely N-dealkylation sites (tertiary alicyclic amines) is 1. The third kappa shape index (κ3) is 3.64. The molecule has 0 unspecified atom stereocenters. The van der Waals surface area contributed by atoms with Crippen LogP contribution in [-0.2, 0) is 21.5 Å². The molecule has 0 atom stereocenters. The fourth-order valence-corrected chi connectivity index (χ4v) is 3.52. The van der Waals surface area contributed by atoms with E-state index in [1.807, 2.05) is 6.07 Å². The van der Waals surface area contributed by atoms with Gasteiger partial charge in [0.15, 0.2) is 0 Å². The number of carboxylic acids is 1. The number of carbonyl (C=O) groups is 2. The molecule has 2 aromatic rings. The van der Waals surface area contributed by atoms with Crippen molar-refractivity contribution in [2.24, 2.45) is 0 Å². The molecule has 146 valence electrons. The van der Waals surface area contributed by atoms with Crippen molar-refractivity contribution in [3.05, 3.63) is 74.7 Å². The Bertz CT molecular complexity index is 961. The summed E-state index contributed by atoms with van der Waals surface area (Å²) in [7, 11) is 0. The quantitative estimate of drug-likeness (QED) is 0.613. The molecule has 0 radical (unpaired) electrons. The van der Waals surface area contributed by atoms with Crippen molar-refractivity contribution in [3.63, 3.8) is 0 Å². The standard InChI is InChI=1S/C19H19N3O6/c23-16-7-6-15(22(27)28)12-21(16)13-17(24)20-10-8-19(9-11-20,18(25)26)14-4-2-1-3-5-14/h1-7,12H,8-11,13H2,(H,25,26). The Labute approximate surface area is 160 Å². The fraction of sp³-hybridized carbons (Fsp3) is 0.316. The van der Waals surface area contributed by atoms with Crippen LogP contribution in [0.1, 0.15) is 18.4 Å². The maximum Gasteiger partial charge on any atom is 0.314 e. The molecule has 1 fully saturated rings. The van der Waals surface area contributed by atoms with Crippen molar-refractivity contribution in [2.75, 3.05) is 13.1 Å². The van der Waals surface area contributed by atoms with Gasteiger partial charge < -0.3 is 10.0 Å². The predicted octanol–water partition coefficient (Wildman–Crippen LogP) is 1.40. The highest BCUT2D eigenvalue weighted by Crippen LogP contribution is 2.36. The van der Waals surface area contributed by atoms with Gasteiger partial charge in [0.1, 0.15) is 6.54 Å². The van der Waals surface area contributed by atoms with Crippen molar-refractivity contribution in [2.45, 2.75) is 24.8 Å². The maximum atomic E-state index is 12.6. The zero-order chi connectivity index (χ0) is 20.3. The molecule has 2 heterocycles. The molecular weight excluding hydrogens is 366 g/mol. The Morgan fingerprint density at radius 1 is 1.11 bits per heavy atom. The molecule has 9 heteroatoms. The molecule has 3 rings (SSSR count). The van der Waals surface area contributed by atoms with Crippen LogP contribution < -0.4 is 5.56 Å². The van der Waals surface area contributed by atoms with Crippen LogP contribution in [0.2, 0.25) is 0 Å². The number of aliphatic carboxylic acids is 1. The van der Waals surface area contributed by atoms with Crippen molar-refractivity contribution in [3.8, 4) is 0 Å². The van der Waals surface area contributed by atoms with Crippen LogP contribution in [-0.4, -0.2) is 44.5 Å². The number of carboxylic acid groups (broad SMARTS) is 1. The van der Waals surface area contributed by atoms with Gasteiger partial charge in [-0.2, -0.15) is 0 Å². The number of rotatable bonds is 5. The van der Waals surface area contributed by atoms with Gasteiger partial charge in [-0.1, -0.05) is 30.3 Å². The van der Waals surface area contributed by atoms with E-state index in [2.05, 4.69) is 0 Å². The van der Waals surface area contributed by atoms with E-state index in [0.29, 0.717) is 5.56 Å². The van der Waals surface area contributed by atoms with Gasteiger partial charge in [0.05, 0.1) is 16.5 Å². The highest BCUT2D eigenvalue weighted by Gasteiger charge is 2.43. The Morgan fingerprint density at radius 3 is 2.32 bits per heavy atom. The van der Waals surface area contributed by atoms with E-state index in [-0.39, 0.29) is 44.1 Å². The number of aromatic nitrogens is 1. The first-order valence-corrected chi connectivity index (χ1v) is 8.75. The van der Waals surface area contributed by atoms with Gasteiger partial charge in [0.2, 0.25) is 5.91 Å². The number of nitro groups is 1. The van der Waals surface area contributed by atoms with Gasteiger partial charge >= 0.3 is 5.97 Å². The molecule has 9 nitrogen and oxygen atoms in total. The second-order valence-corrected chi connectivity index (χ2v) is 6.74. The number of piperidine rings is 1.